The van der Waals surface area contributed by atoms with Crippen LogP contribution in [0.3, 0.4) is 0 Å². The number of hydrogen-bond donors (Lipinski definition) is 3. The van der Waals surface area contributed by atoms with E-state index < -0.39 is 18.2 Å². The van der Waals surface area contributed by atoms with Crippen LogP contribution in [0, 0.1) is 0 Å². The summed E-state index contributed by atoms with van der Waals surface area (Å²) >= 11 is 0. The summed E-state index contributed by atoms with van der Waals surface area (Å²) in [7, 11) is 0. The molecule has 0 aromatic carbocycles. The number of allylic oxidation sites excluding steroid dienone is 8. The van der Waals surface area contributed by atoms with Crippen LogP contribution in [0.4, 0.5) is 0 Å². The van der Waals surface area contributed by atoms with E-state index in [1.54, 1.807) is 42.5 Å². The van der Waals surface area contributed by atoms with Crippen molar-refractivity contribution in [2.75, 3.05) is 0 Å². The highest BCUT2D eigenvalue weighted by molar-refractivity contribution is 5.66. The van der Waals surface area contributed by atoms with Gasteiger partial charge in [0.25, 0.3) is 0 Å². The second-order valence-electron chi connectivity index (χ2n) is 5.75. The molecule has 0 fully saturated rings. The Balaban J connectivity index is 3.90. The minimum atomic E-state index is -0.817. The quantitative estimate of drug-likeness (QED) is 0.315. The van der Waals surface area contributed by atoms with Crippen molar-refractivity contribution in [3.05, 3.63) is 72.9 Å². The summed E-state index contributed by atoms with van der Waals surface area (Å²) in [4.78, 5) is 10.3. The average molecular weight is 360 g/mol. The van der Waals surface area contributed by atoms with Gasteiger partial charge in [-0.1, -0.05) is 79.8 Å². The van der Waals surface area contributed by atoms with E-state index in [1.165, 1.54) is 0 Å². The molecule has 0 aromatic heterocycles. The highest BCUT2D eigenvalue weighted by Crippen LogP contribution is 2.00. The molecule has 0 saturated heterocycles. The topological polar surface area (TPSA) is 77.8 Å². The third-order valence-electron chi connectivity index (χ3n) is 3.28. The molecule has 2 unspecified atom stereocenters. The van der Waals surface area contributed by atoms with E-state index >= 15 is 0 Å². The second-order valence-corrected chi connectivity index (χ2v) is 5.75. The molecule has 0 radical (unpaired) electrons. The van der Waals surface area contributed by atoms with Crippen LogP contribution in [0.5, 0.6) is 0 Å². The smallest absolute Gasteiger partial charge is 0.303 e. The monoisotopic (exact) mass is 360 g/mol. The molecule has 4 nitrogen and oxygen atoms in total. The predicted octanol–water partition coefficient (Wildman–Crippen LogP) is 4.49. The lowest BCUT2D eigenvalue weighted by Gasteiger charge is -2.00. The highest BCUT2D eigenvalue weighted by atomic mass is 16.4. The summed E-state index contributed by atoms with van der Waals surface area (Å²) in [5.41, 5.74) is 0. The zero-order valence-electron chi connectivity index (χ0n) is 15.6. The van der Waals surface area contributed by atoms with Gasteiger partial charge in [-0.05, 0) is 32.1 Å². The van der Waals surface area contributed by atoms with Gasteiger partial charge >= 0.3 is 5.97 Å². The van der Waals surface area contributed by atoms with Crippen molar-refractivity contribution in [2.45, 2.75) is 57.7 Å². The molecule has 0 aliphatic heterocycles. The molecule has 2 atom stereocenters. The molecule has 144 valence electrons. The number of rotatable bonds is 14. The average Bonchev–Trinajstić information content (AvgIpc) is 2.60. The minimum Gasteiger partial charge on any atom is -0.481 e. The molecule has 0 heterocycles. The lowest BCUT2D eigenvalue weighted by molar-refractivity contribution is -0.136. The van der Waals surface area contributed by atoms with E-state index in [0.717, 1.165) is 12.8 Å². The predicted molar refractivity (Wildman–Crippen MR) is 108 cm³/mol. The van der Waals surface area contributed by atoms with Gasteiger partial charge in [-0.25, -0.2) is 0 Å². The maximum Gasteiger partial charge on any atom is 0.303 e. The van der Waals surface area contributed by atoms with Crippen LogP contribution in [0.15, 0.2) is 72.9 Å². The maximum absolute atomic E-state index is 10.3. The first-order valence-corrected chi connectivity index (χ1v) is 9.10. The molecular formula is C22H32O4. The maximum atomic E-state index is 10.3. The molecule has 0 aromatic rings. The van der Waals surface area contributed by atoms with Gasteiger partial charge in [0.1, 0.15) is 0 Å². The number of carboxylic acids is 1. The van der Waals surface area contributed by atoms with Crippen molar-refractivity contribution in [1.82, 2.24) is 0 Å². The fraction of sp³-hybridized carbons (Fsp3) is 0.409. The Hall–Kier alpha value is -2.17. The normalized spacial score (nSPS) is 15.5. The molecule has 26 heavy (non-hydrogen) atoms. The number of aliphatic hydroxyl groups excluding tert-OH is 2. The summed E-state index contributed by atoms with van der Waals surface area (Å²) in [5, 5.41) is 28.0. The van der Waals surface area contributed by atoms with Crippen LogP contribution in [0.2, 0.25) is 0 Å². The molecule has 0 bridgehead atoms. The van der Waals surface area contributed by atoms with Crippen molar-refractivity contribution in [1.29, 1.82) is 0 Å². The molecule has 0 rings (SSSR count). The molecule has 0 amide bonds. The Morgan fingerprint density at radius 1 is 0.808 bits per heavy atom. The number of carboxylic acid groups (broad SMARTS) is 1. The van der Waals surface area contributed by atoms with Gasteiger partial charge in [0.2, 0.25) is 0 Å². The van der Waals surface area contributed by atoms with Crippen molar-refractivity contribution in [2.24, 2.45) is 0 Å². The van der Waals surface area contributed by atoms with Crippen LogP contribution < -0.4 is 0 Å². The van der Waals surface area contributed by atoms with Gasteiger partial charge in [0.05, 0.1) is 12.2 Å². The molecule has 0 spiro atoms. The lowest BCUT2D eigenvalue weighted by Crippen LogP contribution is -1.99. The van der Waals surface area contributed by atoms with Gasteiger partial charge in [0.15, 0.2) is 0 Å². The van der Waals surface area contributed by atoms with Crippen molar-refractivity contribution in [3.63, 3.8) is 0 Å². The van der Waals surface area contributed by atoms with Crippen LogP contribution >= 0.6 is 0 Å². The van der Waals surface area contributed by atoms with Crippen molar-refractivity contribution >= 4 is 5.97 Å². The fourth-order valence-corrected chi connectivity index (χ4v) is 1.89. The Kier molecular flexibility index (Phi) is 16.2. The summed E-state index contributed by atoms with van der Waals surface area (Å²) < 4.78 is 0. The molecule has 3 N–H and O–H groups in total. The Morgan fingerprint density at radius 2 is 1.38 bits per heavy atom. The number of aliphatic hydroxyl groups is 2. The summed E-state index contributed by atoms with van der Waals surface area (Å²) in [6, 6.07) is 0. The van der Waals surface area contributed by atoms with Gasteiger partial charge in [-0.15, -0.1) is 0 Å². The van der Waals surface area contributed by atoms with Crippen molar-refractivity contribution < 1.29 is 20.1 Å². The van der Waals surface area contributed by atoms with Gasteiger partial charge < -0.3 is 15.3 Å². The van der Waals surface area contributed by atoms with Crippen LogP contribution in [0.1, 0.15) is 45.4 Å². The standard InChI is InChI=1S/C22H32O4/c1-2-3-4-5-6-10-15-20(23)17-12-9-13-18-21(24)16-11-7-8-14-19-22(25)26/h3-4,6-13,16-17,20-21,23-24H,2,5,14-15,18-19H2,1H3,(H,25,26)/b4-3-,8-7-,10-6-,13-9-,16-11+,17-12+. The molecular weight excluding hydrogens is 328 g/mol. The van der Waals surface area contributed by atoms with E-state index in [0.29, 0.717) is 19.3 Å². The van der Waals surface area contributed by atoms with Gasteiger partial charge in [-0.3, -0.25) is 4.79 Å². The van der Waals surface area contributed by atoms with Crippen LogP contribution in [-0.2, 0) is 4.79 Å². The molecule has 4 heteroatoms. The number of aliphatic carboxylic acids is 1. The zero-order chi connectivity index (χ0) is 19.5. The Labute approximate surface area is 157 Å². The zero-order valence-corrected chi connectivity index (χ0v) is 15.6. The molecule has 0 saturated carbocycles. The third kappa shape index (κ3) is 18.2. The van der Waals surface area contributed by atoms with Gasteiger partial charge in [0, 0.05) is 6.42 Å². The van der Waals surface area contributed by atoms with Gasteiger partial charge in [-0.2, -0.15) is 0 Å². The van der Waals surface area contributed by atoms with Crippen molar-refractivity contribution in [3.8, 4) is 0 Å². The lowest BCUT2D eigenvalue weighted by atomic mass is 10.2. The summed E-state index contributed by atoms with van der Waals surface area (Å²) in [5.74, 6) is -0.817. The molecule has 0 aliphatic carbocycles. The minimum absolute atomic E-state index is 0.111. The van der Waals surface area contributed by atoms with E-state index in [-0.39, 0.29) is 6.42 Å². The van der Waals surface area contributed by atoms with E-state index in [2.05, 4.69) is 19.1 Å². The first-order valence-electron chi connectivity index (χ1n) is 9.10. The first kappa shape index (κ1) is 23.8. The second kappa shape index (κ2) is 17.6. The van der Waals surface area contributed by atoms with Crippen LogP contribution in [0.25, 0.3) is 0 Å². The highest BCUT2D eigenvalue weighted by Gasteiger charge is 1.95. The fourth-order valence-electron chi connectivity index (χ4n) is 1.89. The number of hydrogen-bond acceptors (Lipinski definition) is 3. The van der Waals surface area contributed by atoms with Crippen LogP contribution in [-0.4, -0.2) is 33.5 Å². The largest absolute Gasteiger partial charge is 0.481 e. The molecule has 0 aliphatic rings. The Bertz CT molecular complexity index is 524. The third-order valence-corrected chi connectivity index (χ3v) is 3.28. The first-order chi connectivity index (χ1) is 12.6. The van der Waals surface area contributed by atoms with E-state index in [9.17, 15) is 15.0 Å². The Morgan fingerprint density at radius 3 is 2.00 bits per heavy atom. The van der Waals surface area contributed by atoms with E-state index in [1.807, 2.05) is 18.2 Å². The summed E-state index contributed by atoms with van der Waals surface area (Å²) in [6.07, 6.45) is 24.7. The van der Waals surface area contributed by atoms with E-state index in [4.69, 9.17) is 5.11 Å². The SMILES string of the molecule is CC/C=C\C/C=C\CC(O)/C=C/C=C\CC(O)/C=C/C=C\CCC(=O)O. The summed E-state index contributed by atoms with van der Waals surface area (Å²) in [6.45, 7) is 2.10. The number of carbonyl (C=O) groups is 1.